The molecule has 0 aliphatic heterocycles. The first-order chi connectivity index (χ1) is 10.8. The van der Waals surface area contributed by atoms with E-state index in [-0.39, 0.29) is 11.1 Å². The minimum absolute atomic E-state index is 0.275. The van der Waals surface area contributed by atoms with Crippen molar-refractivity contribution < 1.29 is 0 Å². The maximum atomic E-state index is 12.4. The molecule has 0 amide bonds. The van der Waals surface area contributed by atoms with Crippen LogP contribution in [0.25, 0.3) is 33.3 Å². The van der Waals surface area contributed by atoms with E-state index in [4.69, 9.17) is 0 Å². The van der Waals surface area contributed by atoms with Gasteiger partial charge in [0.2, 0.25) is 0 Å². The zero-order valence-electron chi connectivity index (χ0n) is 11.4. The summed E-state index contributed by atoms with van der Waals surface area (Å²) in [5.74, 6) is 0.407. The maximum Gasteiger partial charge on any atom is 0.260 e. The van der Waals surface area contributed by atoms with Gasteiger partial charge in [-0.25, -0.2) is 4.98 Å². The highest BCUT2D eigenvalue weighted by Gasteiger charge is 2.17. The second-order valence-corrected chi connectivity index (χ2v) is 4.96. The average molecular weight is 286 g/mol. The van der Waals surface area contributed by atoms with E-state index in [2.05, 4.69) is 21.0 Å². The zero-order chi connectivity index (χ0) is 15.1. The van der Waals surface area contributed by atoms with E-state index >= 15 is 0 Å². The van der Waals surface area contributed by atoms with E-state index in [0.29, 0.717) is 22.3 Å². The number of aromatic nitrogens is 3. The number of nitriles is 1. The molecule has 104 valence electrons. The van der Waals surface area contributed by atoms with Crippen molar-refractivity contribution in [3.05, 3.63) is 64.4 Å². The van der Waals surface area contributed by atoms with Gasteiger partial charge < -0.3 is 9.97 Å². The summed E-state index contributed by atoms with van der Waals surface area (Å²) in [5.41, 5.74) is 2.51. The van der Waals surface area contributed by atoms with Gasteiger partial charge in [0.05, 0.1) is 16.6 Å². The number of rotatable bonds is 1. The van der Waals surface area contributed by atoms with Gasteiger partial charge in [0, 0.05) is 10.9 Å². The highest BCUT2D eigenvalue weighted by atomic mass is 16.1. The summed E-state index contributed by atoms with van der Waals surface area (Å²) in [6, 6.07) is 16.9. The molecule has 0 fully saturated rings. The van der Waals surface area contributed by atoms with E-state index in [1.54, 1.807) is 6.07 Å². The fraction of sp³-hybridized carbons (Fsp3) is 0. The molecule has 4 rings (SSSR count). The number of imidazole rings is 1. The van der Waals surface area contributed by atoms with E-state index in [0.717, 1.165) is 11.0 Å². The van der Waals surface area contributed by atoms with Gasteiger partial charge in [0.1, 0.15) is 17.5 Å². The third-order valence-corrected chi connectivity index (χ3v) is 3.66. The van der Waals surface area contributed by atoms with Crippen LogP contribution in [0.1, 0.15) is 5.56 Å². The molecular formula is C17H10N4O. The summed E-state index contributed by atoms with van der Waals surface area (Å²) in [7, 11) is 0. The molecule has 0 radical (unpaired) electrons. The Balaban J connectivity index is 2.12. The Hall–Kier alpha value is -3.39. The van der Waals surface area contributed by atoms with Crippen molar-refractivity contribution in [1.82, 2.24) is 15.0 Å². The molecule has 0 bridgehead atoms. The number of pyridine rings is 1. The van der Waals surface area contributed by atoms with Crippen LogP contribution >= 0.6 is 0 Å². The molecule has 5 heteroatoms. The lowest BCUT2D eigenvalue weighted by Crippen LogP contribution is -2.12. The fourth-order valence-corrected chi connectivity index (χ4v) is 2.66. The lowest BCUT2D eigenvalue weighted by molar-refractivity contribution is 1.24. The Morgan fingerprint density at radius 3 is 2.45 bits per heavy atom. The third-order valence-electron chi connectivity index (χ3n) is 3.66. The largest absolute Gasteiger partial charge is 0.338 e. The topological polar surface area (TPSA) is 85.3 Å². The second kappa shape index (κ2) is 4.57. The average Bonchev–Trinajstić information content (AvgIpc) is 2.96. The van der Waals surface area contributed by atoms with Crippen LogP contribution in [-0.2, 0) is 0 Å². The van der Waals surface area contributed by atoms with Crippen molar-refractivity contribution in [2.24, 2.45) is 0 Å². The van der Waals surface area contributed by atoms with Gasteiger partial charge in [0.15, 0.2) is 0 Å². The molecule has 4 aromatic rings. The number of nitrogens with zero attached hydrogens (tertiary/aromatic N) is 2. The number of para-hydroxylation sites is 3. The van der Waals surface area contributed by atoms with Crippen LogP contribution in [0.15, 0.2) is 53.3 Å². The number of hydrogen-bond donors (Lipinski definition) is 2. The zero-order valence-corrected chi connectivity index (χ0v) is 11.4. The molecule has 0 aliphatic rings. The Labute approximate surface area is 124 Å². The van der Waals surface area contributed by atoms with E-state index in [9.17, 15) is 10.1 Å². The van der Waals surface area contributed by atoms with Gasteiger partial charge in [-0.3, -0.25) is 4.79 Å². The molecular weight excluding hydrogens is 276 g/mol. The number of hydrogen-bond acceptors (Lipinski definition) is 3. The molecule has 0 aliphatic carbocycles. The van der Waals surface area contributed by atoms with Crippen molar-refractivity contribution in [2.45, 2.75) is 0 Å². The SMILES string of the molecule is N#Cc1c(-c2nc3ccccc3[nH]2)c(=O)[nH]c2ccccc12. The number of nitrogens with one attached hydrogen (secondary N) is 2. The predicted octanol–water partition coefficient (Wildman–Crippen LogP) is 2.94. The van der Waals surface area contributed by atoms with Crippen LogP contribution in [0.2, 0.25) is 0 Å². The lowest BCUT2D eigenvalue weighted by atomic mass is 10.0. The first-order valence-electron chi connectivity index (χ1n) is 6.78. The summed E-state index contributed by atoms with van der Waals surface area (Å²) in [5, 5.41) is 10.2. The monoisotopic (exact) mass is 286 g/mol. The summed E-state index contributed by atoms with van der Waals surface area (Å²) < 4.78 is 0. The van der Waals surface area contributed by atoms with Crippen LogP contribution < -0.4 is 5.56 Å². The molecule has 0 saturated heterocycles. The van der Waals surface area contributed by atoms with Crippen LogP contribution in [0, 0.1) is 11.3 Å². The minimum atomic E-state index is -0.325. The van der Waals surface area contributed by atoms with Crippen molar-refractivity contribution >= 4 is 21.9 Å². The number of H-pyrrole nitrogens is 2. The van der Waals surface area contributed by atoms with Crippen LogP contribution in [0.4, 0.5) is 0 Å². The first-order valence-corrected chi connectivity index (χ1v) is 6.78. The van der Waals surface area contributed by atoms with Crippen LogP contribution in [0.3, 0.4) is 0 Å². The van der Waals surface area contributed by atoms with Gasteiger partial charge in [-0.05, 0) is 18.2 Å². The summed E-state index contributed by atoms with van der Waals surface area (Å²) >= 11 is 0. The lowest BCUT2D eigenvalue weighted by Gasteiger charge is -2.04. The Morgan fingerprint density at radius 2 is 1.68 bits per heavy atom. The molecule has 2 aromatic carbocycles. The summed E-state index contributed by atoms with van der Waals surface area (Å²) in [4.78, 5) is 22.8. The Bertz CT molecular complexity index is 1080. The number of benzene rings is 2. The maximum absolute atomic E-state index is 12.4. The molecule has 2 heterocycles. The fourth-order valence-electron chi connectivity index (χ4n) is 2.66. The number of fused-ring (bicyclic) bond motifs is 2. The number of aromatic amines is 2. The van der Waals surface area contributed by atoms with Crippen molar-refractivity contribution in [3.8, 4) is 17.5 Å². The quantitative estimate of drug-likeness (QED) is 0.564. The van der Waals surface area contributed by atoms with Gasteiger partial charge >= 0.3 is 0 Å². The van der Waals surface area contributed by atoms with Gasteiger partial charge in [-0.15, -0.1) is 0 Å². The van der Waals surface area contributed by atoms with Crippen molar-refractivity contribution in [3.63, 3.8) is 0 Å². The van der Waals surface area contributed by atoms with E-state index < -0.39 is 0 Å². The van der Waals surface area contributed by atoms with Crippen molar-refractivity contribution in [1.29, 1.82) is 5.26 Å². The molecule has 0 spiro atoms. The normalized spacial score (nSPS) is 10.9. The molecule has 2 N–H and O–H groups in total. The predicted molar refractivity (Wildman–Crippen MR) is 84.4 cm³/mol. The third kappa shape index (κ3) is 1.71. The standard InChI is InChI=1S/C17H10N4O/c18-9-11-10-5-1-2-6-12(10)21-17(22)15(11)16-19-13-7-3-4-8-14(13)20-16/h1-8H,(H,19,20)(H,21,22). The molecule has 0 saturated carbocycles. The molecule has 22 heavy (non-hydrogen) atoms. The summed E-state index contributed by atoms with van der Waals surface area (Å²) in [6.45, 7) is 0. The smallest absolute Gasteiger partial charge is 0.260 e. The molecule has 5 nitrogen and oxygen atoms in total. The summed E-state index contributed by atoms with van der Waals surface area (Å²) in [6.07, 6.45) is 0. The highest BCUT2D eigenvalue weighted by molar-refractivity contribution is 5.91. The Kier molecular flexibility index (Phi) is 2.57. The Morgan fingerprint density at radius 1 is 0.955 bits per heavy atom. The van der Waals surface area contributed by atoms with Gasteiger partial charge in [0.25, 0.3) is 5.56 Å². The molecule has 0 atom stereocenters. The highest BCUT2D eigenvalue weighted by Crippen LogP contribution is 2.25. The second-order valence-electron chi connectivity index (χ2n) is 4.96. The molecule has 2 aromatic heterocycles. The minimum Gasteiger partial charge on any atom is -0.338 e. The first kappa shape index (κ1) is 12.4. The van der Waals surface area contributed by atoms with Crippen LogP contribution in [0.5, 0.6) is 0 Å². The van der Waals surface area contributed by atoms with Crippen LogP contribution in [-0.4, -0.2) is 15.0 Å². The van der Waals surface area contributed by atoms with E-state index in [1.165, 1.54) is 0 Å². The van der Waals surface area contributed by atoms with E-state index in [1.807, 2.05) is 42.5 Å². The van der Waals surface area contributed by atoms with Gasteiger partial charge in [-0.1, -0.05) is 30.3 Å². The molecule has 0 unspecified atom stereocenters. The van der Waals surface area contributed by atoms with Gasteiger partial charge in [-0.2, -0.15) is 5.26 Å². The van der Waals surface area contributed by atoms with Crippen molar-refractivity contribution in [2.75, 3.05) is 0 Å².